The molecule has 2 aromatic carbocycles. The number of halogens is 1. The Kier molecular flexibility index (Phi) is 4.73. The van der Waals surface area contributed by atoms with Crippen molar-refractivity contribution in [2.24, 2.45) is 4.99 Å². The lowest BCUT2D eigenvalue weighted by molar-refractivity contribution is -0.113. The van der Waals surface area contributed by atoms with Crippen molar-refractivity contribution in [1.29, 1.82) is 5.26 Å². The van der Waals surface area contributed by atoms with Gasteiger partial charge in [0.05, 0.1) is 17.5 Å². The summed E-state index contributed by atoms with van der Waals surface area (Å²) >= 11 is 1.17. The first-order valence-electron chi connectivity index (χ1n) is 7.14. The van der Waals surface area contributed by atoms with Gasteiger partial charge in [-0.15, -0.1) is 0 Å². The molecule has 0 N–H and O–H groups in total. The molecule has 1 amide bonds. The molecule has 0 aromatic heterocycles. The minimum absolute atomic E-state index is 0.169. The summed E-state index contributed by atoms with van der Waals surface area (Å²) in [6, 6.07) is 17.0. The predicted octanol–water partition coefficient (Wildman–Crippen LogP) is 3.83. The van der Waals surface area contributed by atoms with Crippen LogP contribution in [0.2, 0.25) is 0 Å². The monoisotopic (exact) mass is 337 g/mol. The number of amides is 1. The zero-order valence-electron chi connectivity index (χ0n) is 12.5. The molecule has 3 rings (SSSR count). The molecule has 0 atom stereocenters. The highest BCUT2D eigenvalue weighted by Crippen LogP contribution is 2.29. The van der Waals surface area contributed by atoms with Gasteiger partial charge in [0.1, 0.15) is 11.5 Å². The quantitative estimate of drug-likeness (QED) is 0.800. The Morgan fingerprint density at radius 3 is 2.54 bits per heavy atom. The van der Waals surface area contributed by atoms with E-state index in [0.717, 1.165) is 5.56 Å². The molecule has 0 bridgehead atoms. The molecule has 1 aliphatic rings. The highest BCUT2D eigenvalue weighted by atomic mass is 32.2. The van der Waals surface area contributed by atoms with Crippen molar-refractivity contribution in [1.82, 2.24) is 0 Å². The second kappa shape index (κ2) is 7.11. The van der Waals surface area contributed by atoms with Crippen LogP contribution in [0.15, 0.2) is 65.3 Å². The fourth-order valence-electron chi connectivity index (χ4n) is 2.21. The van der Waals surface area contributed by atoms with Gasteiger partial charge in [0.25, 0.3) is 5.91 Å². The highest BCUT2D eigenvalue weighted by molar-refractivity contribution is 8.14. The number of nitrogens with zero attached hydrogens (tertiary/aromatic N) is 3. The van der Waals surface area contributed by atoms with Crippen LogP contribution < -0.4 is 4.90 Å². The third kappa shape index (κ3) is 3.36. The molecule has 0 saturated heterocycles. The summed E-state index contributed by atoms with van der Waals surface area (Å²) in [6.45, 7) is 0. The Labute approximate surface area is 142 Å². The van der Waals surface area contributed by atoms with Gasteiger partial charge in [0.15, 0.2) is 5.17 Å². The summed E-state index contributed by atoms with van der Waals surface area (Å²) in [4.78, 5) is 18.5. The van der Waals surface area contributed by atoms with Crippen LogP contribution >= 0.6 is 11.8 Å². The molecule has 0 spiro atoms. The fraction of sp³-hybridized carbons (Fsp3) is 0.0556. The summed E-state index contributed by atoms with van der Waals surface area (Å²) in [5.41, 5.74) is 1.66. The van der Waals surface area contributed by atoms with E-state index in [-0.39, 0.29) is 23.2 Å². The van der Waals surface area contributed by atoms with Crippen molar-refractivity contribution in [3.8, 4) is 6.07 Å². The van der Waals surface area contributed by atoms with Crippen molar-refractivity contribution in [2.45, 2.75) is 0 Å². The van der Waals surface area contributed by atoms with Crippen LogP contribution in [0.5, 0.6) is 0 Å². The van der Waals surface area contributed by atoms with Crippen LogP contribution in [0.4, 0.5) is 10.1 Å². The van der Waals surface area contributed by atoms with Gasteiger partial charge in [-0.2, -0.15) is 5.26 Å². The molecule has 4 nitrogen and oxygen atoms in total. The van der Waals surface area contributed by atoms with E-state index in [2.05, 4.69) is 4.99 Å². The van der Waals surface area contributed by atoms with E-state index < -0.39 is 0 Å². The molecule has 0 aliphatic carbocycles. The molecular formula is C18H12FN3OS. The number of nitriles is 1. The van der Waals surface area contributed by atoms with Crippen LogP contribution in [-0.4, -0.2) is 16.8 Å². The lowest BCUT2D eigenvalue weighted by atomic mass is 10.2. The summed E-state index contributed by atoms with van der Waals surface area (Å²) in [6.07, 6.45) is 1.69. The molecule has 1 heterocycles. The first kappa shape index (κ1) is 16.0. The number of benzene rings is 2. The normalized spacial score (nSPS) is 15.5. The number of aliphatic imine (C=N–C) groups is 1. The van der Waals surface area contributed by atoms with Crippen molar-refractivity contribution in [3.63, 3.8) is 0 Å². The number of carbonyl (C=O) groups is 1. The van der Waals surface area contributed by atoms with Crippen molar-refractivity contribution >= 4 is 34.6 Å². The minimum Gasteiger partial charge on any atom is -0.266 e. The minimum atomic E-state index is -0.381. The predicted molar refractivity (Wildman–Crippen MR) is 93.8 cm³/mol. The largest absolute Gasteiger partial charge is 0.283 e. The highest BCUT2D eigenvalue weighted by Gasteiger charge is 2.31. The fourth-order valence-corrected chi connectivity index (χ4v) is 2.89. The Morgan fingerprint density at radius 2 is 1.88 bits per heavy atom. The molecule has 6 heteroatoms. The third-order valence-electron chi connectivity index (χ3n) is 3.28. The molecule has 24 heavy (non-hydrogen) atoms. The van der Waals surface area contributed by atoms with Crippen molar-refractivity contribution in [2.75, 3.05) is 10.7 Å². The lowest BCUT2D eigenvalue weighted by Gasteiger charge is -2.16. The Bertz CT molecular complexity index is 854. The molecule has 1 aliphatic heterocycles. The molecule has 0 radical (unpaired) electrons. The van der Waals surface area contributed by atoms with E-state index in [4.69, 9.17) is 5.26 Å². The van der Waals surface area contributed by atoms with Crippen LogP contribution in [-0.2, 0) is 4.79 Å². The third-order valence-corrected chi connectivity index (χ3v) is 4.09. The average Bonchev–Trinajstić information content (AvgIpc) is 2.90. The van der Waals surface area contributed by atoms with Crippen LogP contribution in [0.25, 0.3) is 6.08 Å². The average molecular weight is 337 g/mol. The maximum absolute atomic E-state index is 13.1. The van der Waals surface area contributed by atoms with Crippen molar-refractivity contribution in [3.05, 3.63) is 71.7 Å². The number of amidine groups is 1. The number of rotatable bonds is 3. The van der Waals surface area contributed by atoms with E-state index in [1.54, 1.807) is 6.08 Å². The Morgan fingerprint density at radius 1 is 1.17 bits per heavy atom. The van der Waals surface area contributed by atoms with Gasteiger partial charge in [0, 0.05) is 0 Å². The zero-order valence-corrected chi connectivity index (χ0v) is 13.3. The van der Waals surface area contributed by atoms with E-state index in [0.29, 0.717) is 10.9 Å². The van der Waals surface area contributed by atoms with Gasteiger partial charge in [-0.1, -0.05) is 42.1 Å². The number of hydrogen-bond donors (Lipinski definition) is 0. The molecule has 0 unspecified atom stereocenters. The second-order valence-electron chi connectivity index (χ2n) is 4.90. The lowest BCUT2D eigenvalue weighted by Crippen LogP contribution is -2.30. The standard InChI is InChI=1S/C18H12FN3OS/c19-14-6-8-15(9-7-14)22-17(23)16(21-18(22)24-11-10-20)12-13-4-2-1-3-5-13/h1-9,12H,11H2/b16-12+. The van der Waals surface area contributed by atoms with Crippen LogP contribution in [0.1, 0.15) is 5.56 Å². The van der Waals surface area contributed by atoms with E-state index in [1.165, 1.54) is 40.9 Å². The van der Waals surface area contributed by atoms with Gasteiger partial charge >= 0.3 is 0 Å². The maximum atomic E-state index is 13.1. The second-order valence-corrected chi connectivity index (χ2v) is 5.84. The molecule has 0 saturated carbocycles. The van der Waals surface area contributed by atoms with E-state index >= 15 is 0 Å². The van der Waals surface area contributed by atoms with E-state index in [9.17, 15) is 9.18 Å². The maximum Gasteiger partial charge on any atom is 0.283 e. The van der Waals surface area contributed by atoms with Gasteiger partial charge < -0.3 is 0 Å². The summed E-state index contributed by atoms with van der Waals surface area (Å²) < 4.78 is 13.1. The van der Waals surface area contributed by atoms with Crippen LogP contribution in [0.3, 0.4) is 0 Å². The van der Waals surface area contributed by atoms with Crippen LogP contribution in [0, 0.1) is 17.1 Å². The number of anilines is 1. The van der Waals surface area contributed by atoms with Gasteiger partial charge in [-0.05, 0) is 35.9 Å². The zero-order chi connectivity index (χ0) is 16.9. The summed E-state index contributed by atoms with van der Waals surface area (Å²) in [5.74, 6) is -0.512. The number of carbonyl (C=O) groups excluding carboxylic acids is 1. The van der Waals surface area contributed by atoms with Gasteiger partial charge in [-0.25, -0.2) is 9.38 Å². The van der Waals surface area contributed by atoms with Crippen molar-refractivity contribution < 1.29 is 9.18 Å². The molecule has 118 valence electrons. The Balaban J connectivity index is 1.98. The van der Waals surface area contributed by atoms with E-state index in [1.807, 2.05) is 36.4 Å². The summed E-state index contributed by atoms with van der Waals surface area (Å²) in [5, 5.41) is 9.21. The topological polar surface area (TPSA) is 56.5 Å². The van der Waals surface area contributed by atoms with Gasteiger partial charge in [-0.3, -0.25) is 9.69 Å². The first-order chi connectivity index (χ1) is 11.7. The Hall–Kier alpha value is -2.91. The molecule has 0 fully saturated rings. The SMILES string of the molecule is N#CCSC1=N/C(=C/c2ccccc2)C(=O)N1c1ccc(F)cc1. The summed E-state index contributed by atoms with van der Waals surface area (Å²) in [7, 11) is 0. The molecule has 2 aromatic rings. The smallest absolute Gasteiger partial charge is 0.266 e. The number of hydrogen-bond acceptors (Lipinski definition) is 4. The first-order valence-corrected chi connectivity index (χ1v) is 8.13. The molecular weight excluding hydrogens is 325 g/mol. The van der Waals surface area contributed by atoms with Gasteiger partial charge in [0.2, 0.25) is 0 Å². The number of thioether (sulfide) groups is 1.